The minimum atomic E-state index is -0.0922. The van der Waals surface area contributed by atoms with Crippen molar-refractivity contribution in [2.45, 2.75) is 30.4 Å². The molecule has 1 N–H and O–H groups in total. The van der Waals surface area contributed by atoms with E-state index >= 15 is 0 Å². The maximum absolute atomic E-state index is 11.5. The second-order valence-corrected chi connectivity index (χ2v) is 6.00. The van der Waals surface area contributed by atoms with Crippen LogP contribution in [0.3, 0.4) is 0 Å². The number of nitrogens with one attached hydrogen (secondary N) is 1. The summed E-state index contributed by atoms with van der Waals surface area (Å²) in [6.07, 6.45) is 0. The zero-order valence-corrected chi connectivity index (χ0v) is 12.4. The van der Waals surface area contributed by atoms with Gasteiger partial charge in [-0.25, -0.2) is 4.98 Å². The van der Waals surface area contributed by atoms with E-state index in [1.807, 2.05) is 38.1 Å². The van der Waals surface area contributed by atoms with E-state index in [-0.39, 0.29) is 11.5 Å². The Labute approximate surface area is 121 Å². The third-order valence-corrected chi connectivity index (χ3v) is 3.87. The Morgan fingerprint density at radius 2 is 2.00 bits per heavy atom. The lowest BCUT2D eigenvalue weighted by atomic mass is 10.1. The van der Waals surface area contributed by atoms with Crippen LogP contribution in [-0.2, 0) is 5.75 Å². The lowest BCUT2D eigenvalue weighted by Crippen LogP contribution is -2.12. The minimum absolute atomic E-state index is 0.0922. The van der Waals surface area contributed by atoms with Crippen molar-refractivity contribution in [3.05, 3.63) is 57.2 Å². The summed E-state index contributed by atoms with van der Waals surface area (Å²) in [4.78, 5) is 19.9. The smallest absolute Gasteiger partial charge is 0.251 e. The normalized spacial score (nSPS) is 10.9. The highest BCUT2D eigenvalue weighted by Gasteiger charge is 2.05. The molecule has 0 spiro atoms. The molecule has 5 heteroatoms. The molecule has 0 aliphatic heterocycles. The number of aromatic nitrogens is 2. The van der Waals surface area contributed by atoms with Gasteiger partial charge in [-0.1, -0.05) is 25.4 Å². The first-order valence-electron chi connectivity index (χ1n) is 6.03. The quantitative estimate of drug-likeness (QED) is 0.872. The highest BCUT2D eigenvalue weighted by Crippen LogP contribution is 2.23. The van der Waals surface area contributed by atoms with Gasteiger partial charge in [-0.3, -0.25) is 4.79 Å². The fraction of sp³-hybridized carbons (Fsp3) is 0.286. The van der Waals surface area contributed by atoms with Gasteiger partial charge in [-0.15, -0.1) is 11.8 Å². The molecule has 2 rings (SSSR count). The molecule has 0 bridgehead atoms. The average Bonchev–Trinajstić information content (AvgIpc) is 2.37. The van der Waals surface area contributed by atoms with Crippen LogP contribution >= 0.6 is 23.4 Å². The van der Waals surface area contributed by atoms with Crippen LogP contribution in [0.15, 0.2) is 40.0 Å². The number of halogens is 1. The van der Waals surface area contributed by atoms with Crippen LogP contribution in [0, 0.1) is 0 Å². The third kappa shape index (κ3) is 4.11. The molecule has 0 fully saturated rings. The molecule has 1 aromatic heterocycles. The monoisotopic (exact) mass is 294 g/mol. The summed E-state index contributed by atoms with van der Waals surface area (Å²) < 4.78 is 0. The molecule has 100 valence electrons. The van der Waals surface area contributed by atoms with E-state index in [1.54, 1.807) is 17.8 Å². The van der Waals surface area contributed by atoms with Gasteiger partial charge in [0.1, 0.15) is 5.82 Å². The number of benzene rings is 1. The molecule has 0 saturated carbocycles. The molecule has 1 heterocycles. The third-order valence-electron chi connectivity index (χ3n) is 2.59. The van der Waals surface area contributed by atoms with E-state index in [4.69, 9.17) is 11.6 Å². The highest BCUT2D eigenvalue weighted by molar-refractivity contribution is 7.98. The number of H-pyrrole nitrogens is 1. The molecule has 0 aliphatic carbocycles. The van der Waals surface area contributed by atoms with Crippen LogP contribution < -0.4 is 5.56 Å². The summed E-state index contributed by atoms with van der Waals surface area (Å²) in [5.74, 6) is 1.59. The molecule has 3 nitrogen and oxygen atoms in total. The number of rotatable bonds is 4. The zero-order chi connectivity index (χ0) is 13.8. The predicted octanol–water partition coefficient (Wildman–Crippen LogP) is 3.84. The van der Waals surface area contributed by atoms with Crippen molar-refractivity contribution in [1.82, 2.24) is 9.97 Å². The Kier molecular flexibility index (Phi) is 4.66. The molecule has 0 amide bonds. The Morgan fingerprint density at radius 1 is 1.32 bits per heavy atom. The topological polar surface area (TPSA) is 45.8 Å². The summed E-state index contributed by atoms with van der Waals surface area (Å²) in [7, 11) is 0. The second kappa shape index (κ2) is 6.26. The van der Waals surface area contributed by atoms with Crippen LogP contribution in [0.4, 0.5) is 0 Å². The Hall–Kier alpha value is -1.26. The first kappa shape index (κ1) is 14.2. The van der Waals surface area contributed by atoms with Crippen LogP contribution in [-0.4, -0.2) is 9.97 Å². The van der Waals surface area contributed by atoms with Crippen molar-refractivity contribution < 1.29 is 0 Å². The fourth-order valence-electron chi connectivity index (χ4n) is 1.58. The molecular formula is C14H15ClN2OS. The molecule has 19 heavy (non-hydrogen) atoms. The van der Waals surface area contributed by atoms with Gasteiger partial charge in [0.2, 0.25) is 0 Å². The summed E-state index contributed by atoms with van der Waals surface area (Å²) >= 11 is 7.46. The van der Waals surface area contributed by atoms with Gasteiger partial charge < -0.3 is 4.98 Å². The van der Waals surface area contributed by atoms with Crippen LogP contribution in [0.2, 0.25) is 5.02 Å². The van der Waals surface area contributed by atoms with Crippen molar-refractivity contribution in [1.29, 1.82) is 0 Å². The number of nitrogens with zero attached hydrogens (tertiary/aromatic N) is 1. The predicted molar refractivity (Wildman–Crippen MR) is 80.0 cm³/mol. The maximum atomic E-state index is 11.5. The van der Waals surface area contributed by atoms with E-state index in [2.05, 4.69) is 9.97 Å². The lowest BCUT2D eigenvalue weighted by Gasteiger charge is -2.06. The molecule has 0 atom stereocenters. The molecule has 1 aromatic carbocycles. The molecule has 0 radical (unpaired) electrons. The SMILES string of the molecule is CC(C)c1cc(=O)[nH]c(CSc2ccc(Cl)cc2)n1. The minimum Gasteiger partial charge on any atom is -0.310 e. The maximum Gasteiger partial charge on any atom is 0.251 e. The van der Waals surface area contributed by atoms with Gasteiger partial charge in [0, 0.05) is 16.0 Å². The molecule has 0 unspecified atom stereocenters. The van der Waals surface area contributed by atoms with Crippen LogP contribution in [0.25, 0.3) is 0 Å². The lowest BCUT2D eigenvalue weighted by molar-refractivity contribution is 0.793. The molecule has 0 aliphatic rings. The summed E-state index contributed by atoms with van der Waals surface area (Å²) in [6.45, 7) is 4.05. The molecule has 2 aromatic rings. The Balaban J connectivity index is 2.11. The van der Waals surface area contributed by atoms with E-state index in [0.29, 0.717) is 11.6 Å². The van der Waals surface area contributed by atoms with Crippen molar-refractivity contribution in [3.8, 4) is 0 Å². The zero-order valence-electron chi connectivity index (χ0n) is 10.8. The van der Waals surface area contributed by atoms with Gasteiger partial charge in [0.15, 0.2) is 0 Å². The van der Waals surface area contributed by atoms with E-state index < -0.39 is 0 Å². The number of thioether (sulfide) groups is 1. The van der Waals surface area contributed by atoms with Gasteiger partial charge >= 0.3 is 0 Å². The summed E-state index contributed by atoms with van der Waals surface area (Å²) in [5.41, 5.74) is 0.737. The van der Waals surface area contributed by atoms with E-state index in [0.717, 1.165) is 15.6 Å². The van der Waals surface area contributed by atoms with Gasteiger partial charge in [-0.2, -0.15) is 0 Å². The van der Waals surface area contributed by atoms with Crippen LogP contribution in [0.1, 0.15) is 31.3 Å². The average molecular weight is 295 g/mol. The van der Waals surface area contributed by atoms with Gasteiger partial charge in [0.05, 0.1) is 11.4 Å². The summed E-state index contributed by atoms with van der Waals surface area (Å²) in [5, 5.41) is 0.720. The highest BCUT2D eigenvalue weighted by atomic mass is 35.5. The number of aromatic amines is 1. The second-order valence-electron chi connectivity index (χ2n) is 4.51. The van der Waals surface area contributed by atoms with Crippen molar-refractivity contribution in [3.63, 3.8) is 0 Å². The fourth-order valence-corrected chi connectivity index (χ4v) is 2.47. The summed E-state index contributed by atoms with van der Waals surface area (Å²) in [6, 6.07) is 9.17. The van der Waals surface area contributed by atoms with Crippen LogP contribution in [0.5, 0.6) is 0 Å². The van der Waals surface area contributed by atoms with Gasteiger partial charge in [0.25, 0.3) is 5.56 Å². The van der Waals surface area contributed by atoms with Crippen molar-refractivity contribution >= 4 is 23.4 Å². The first-order chi connectivity index (χ1) is 9.04. The first-order valence-corrected chi connectivity index (χ1v) is 7.39. The van der Waals surface area contributed by atoms with Gasteiger partial charge in [-0.05, 0) is 30.2 Å². The van der Waals surface area contributed by atoms with E-state index in [9.17, 15) is 4.79 Å². The number of hydrogen-bond donors (Lipinski definition) is 1. The molecule has 0 saturated heterocycles. The van der Waals surface area contributed by atoms with E-state index in [1.165, 1.54) is 0 Å². The van der Waals surface area contributed by atoms with Crippen molar-refractivity contribution in [2.24, 2.45) is 0 Å². The Bertz CT molecular complexity index is 608. The van der Waals surface area contributed by atoms with Crippen molar-refractivity contribution in [2.75, 3.05) is 0 Å². The Morgan fingerprint density at radius 3 is 2.63 bits per heavy atom. The number of hydrogen-bond acceptors (Lipinski definition) is 3. The molecular weight excluding hydrogens is 280 g/mol. The largest absolute Gasteiger partial charge is 0.310 e. The standard InChI is InChI=1S/C14H15ClN2OS/c1-9(2)12-7-14(18)17-13(16-12)8-19-11-5-3-10(15)4-6-11/h3-7,9H,8H2,1-2H3,(H,16,17,18).